The minimum Gasteiger partial charge on any atom is -0.373 e. The number of likely N-dealkylation sites (N-methyl/N-ethyl adjacent to an activating group) is 1. The Morgan fingerprint density at radius 1 is 1.19 bits per heavy atom. The van der Waals surface area contributed by atoms with E-state index in [0.717, 1.165) is 12.1 Å². The van der Waals surface area contributed by atoms with Gasteiger partial charge in [-0.15, -0.1) is 0 Å². The van der Waals surface area contributed by atoms with Crippen LogP contribution in [0.4, 0.5) is 8.78 Å². The molecule has 5 rings (SSSR count). The van der Waals surface area contributed by atoms with Gasteiger partial charge >= 0.3 is 0 Å². The van der Waals surface area contributed by atoms with Crippen molar-refractivity contribution < 1.29 is 18.3 Å². The molecule has 4 heterocycles. The highest BCUT2D eigenvalue weighted by atomic mass is 35.5. The number of aromatic amines is 2. The Bertz CT molecular complexity index is 1430. The first-order chi connectivity index (χ1) is 14.8. The van der Waals surface area contributed by atoms with Crippen molar-refractivity contribution in [3.63, 3.8) is 0 Å². The molecule has 7 nitrogen and oxygen atoms in total. The summed E-state index contributed by atoms with van der Waals surface area (Å²) in [6.45, 7) is 0.215. The van der Waals surface area contributed by atoms with Gasteiger partial charge in [0.15, 0.2) is 11.6 Å². The molecule has 4 aromatic rings. The fourth-order valence-electron chi connectivity index (χ4n) is 3.98. The van der Waals surface area contributed by atoms with E-state index in [9.17, 15) is 18.4 Å². The van der Waals surface area contributed by atoms with Gasteiger partial charge in [0.1, 0.15) is 11.3 Å². The molecule has 1 aromatic carbocycles. The SMILES string of the molecule is CN(C(=O)c1cc2cc(Cl)cnc2[nH]1)C1COCc2[nH]c(=O)c3cc(F)c(F)cc3c21. The van der Waals surface area contributed by atoms with E-state index in [-0.39, 0.29) is 35.6 Å². The first-order valence-corrected chi connectivity index (χ1v) is 9.74. The first-order valence-electron chi connectivity index (χ1n) is 9.36. The molecule has 2 N–H and O–H groups in total. The molecule has 31 heavy (non-hydrogen) atoms. The number of halogens is 3. The van der Waals surface area contributed by atoms with Gasteiger partial charge < -0.3 is 19.6 Å². The number of fused-ring (bicyclic) bond motifs is 4. The number of benzene rings is 1. The molecule has 0 aliphatic carbocycles. The van der Waals surface area contributed by atoms with Crippen molar-refractivity contribution in [1.29, 1.82) is 0 Å². The number of aromatic nitrogens is 3. The van der Waals surface area contributed by atoms with Crippen LogP contribution in [0.1, 0.15) is 27.8 Å². The highest BCUT2D eigenvalue weighted by Gasteiger charge is 2.32. The lowest BCUT2D eigenvalue weighted by Gasteiger charge is -2.33. The number of H-pyrrole nitrogens is 2. The van der Waals surface area contributed by atoms with Gasteiger partial charge in [-0.2, -0.15) is 0 Å². The Morgan fingerprint density at radius 3 is 2.71 bits per heavy atom. The number of carbonyl (C=O) groups excluding carboxylic acids is 1. The van der Waals surface area contributed by atoms with Crippen molar-refractivity contribution in [3.8, 4) is 0 Å². The molecule has 1 atom stereocenters. The topological polar surface area (TPSA) is 91.1 Å². The minimum absolute atomic E-state index is 0.00912. The van der Waals surface area contributed by atoms with E-state index in [1.54, 1.807) is 19.2 Å². The highest BCUT2D eigenvalue weighted by molar-refractivity contribution is 6.31. The first kappa shape index (κ1) is 19.7. The molecule has 0 fully saturated rings. The van der Waals surface area contributed by atoms with Crippen molar-refractivity contribution >= 4 is 39.3 Å². The second-order valence-electron chi connectivity index (χ2n) is 7.38. The molecule has 0 radical (unpaired) electrons. The lowest BCUT2D eigenvalue weighted by atomic mass is 9.95. The number of rotatable bonds is 2. The van der Waals surface area contributed by atoms with Crippen molar-refractivity contribution in [2.24, 2.45) is 0 Å². The summed E-state index contributed by atoms with van der Waals surface area (Å²) in [5.41, 5.74) is 1.18. The molecule has 0 saturated heterocycles. The van der Waals surface area contributed by atoms with Crippen LogP contribution in [0.3, 0.4) is 0 Å². The highest BCUT2D eigenvalue weighted by Crippen LogP contribution is 2.34. The monoisotopic (exact) mass is 444 g/mol. The largest absolute Gasteiger partial charge is 0.373 e. The summed E-state index contributed by atoms with van der Waals surface area (Å²) >= 11 is 5.97. The Balaban J connectivity index is 1.61. The predicted octanol–water partition coefficient (Wildman–Crippen LogP) is 3.68. The summed E-state index contributed by atoms with van der Waals surface area (Å²) in [6.07, 6.45) is 1.47. The van der Waals surface area contributed by atoms with Crippen LogP contribution in [-0.2, 0) is 11.3 Å². The fraction of sp³-hybridized carbons (Fsp3) is 0.190. The van der Waals surface area contributed by atoms with Crippen molar-refractivity contribution in [2.75, 3.05) is 13.7 Å². The standard InChI is InChI=1S/C21H15ClF2N4O3/c1-28(21(30)15-3-9-2-10(22)6-25-19(9)26-15)17-8-31-7-16-18(17)11-4-13(23)14(24)5-12(11)20(29)27-16/h2-6,17H,7-8H2,1H3,(H,25,26)(H,27,29). The van der Waals surface area contributed by atoms with Crippen LogP contribution in [0.2, 0.25) is 5.02 Å². The summed E-state index contributed by atoms with van der Waals surface area (Å²) in [4.78, 5) is 36.8. The molecule has 1 unspecified atom stereocenters. The van der Waals surface area contributed by atoms with Gasteiger partial charge in [-0.3, -0.25) is 9.59 Å². The molecule has 158 valence electrons. The maximum atomic E-state index is 14.0. The Hall–Kier alpha value is -3.30. The molecule has 1 aliphatic rings. The fourth-order valence-corrected chi connectivity index (χ4v) is 4.15. The van der Waals surface area contributed by atoms with E-state index in [0.29, 0.717) is 27.3 Å². The Labute approximate surface area is 178 Å². The molecular formula is C21H15ClF2N4O3. The quantitative estimate of drug-likeness (QED) is 0.493. The molecule has 0 spiro atoms. The van der Waals surface area contributed by atoms with Crippen molar-refractivity contribution in [1.82, 2.24) is 19.9 Å². The average molecular weight is 445 g/mol. The molecule has 1 aliphatic heterocycles. The van der Waals surface area contributed by atoms with Gasteiger partial charge in [0.2, 0.25) is 0 Å². The lowest BCUT2D eigenvalue weighted by molar-refractivity contribution is 0.0333. The maximum absolute atomic E-state index is 14.0. The van der Waals surface area contributed by atoms with Crippen LogP contribution < -0.4 is 5.56 Å². The predicted molar refractivity (Wildman–Crippen MR) is 110 cm³/mol. The number of hydrogen-bond acceptors (Lipinski definition) is 4. The van der Waals surface area contributed by atoms with Gasteiger partial charge in [-0.05, 0) is 29.7 Å². The number of amides is 1. The summed E-state index contributed by atoms with van der Waals surface area (Å²) in [7, 11) is 1.58. The van der Waals surface area contributed by atoms with Crippen LogP contribution in [0.15, 0.2) is 35.3 Å². The maximum Gasteiger partial charge on any atom is 0.270 e. The molecular weight excluding hydrogens is 430 g/mol. The van der Waals surface area contributed by atoms with Gasteiger partial charge in [0, 0.05) is 29.9 Å². The number of nitrogens with zero attached hydrogens (tertiary/aromatic N) is 2. The van der Waals surface area contributed by atoms with Crippen molar-refractivity contribution in [3.05, 3.63) is 74.4 Å². The second-order valence-corrected chi connectivity index (χ2v) is 7.82. The molecule has 0 saturated carbocycles. The van der Waals surface area contributed by atoms with E-state index >= 15 is 0 Å². The lowest BCUT2D eigenvalue weighted by Crippen LogP contribution is -2.37. The molecule has 10 heteroatoms. The Kier molecular flexibility index (Phi) is 4.53. The zero-order valence-corrected chi connectivity index (χ0v) is 16.9. The van der Waals surface area contributed by atoms with E-state index in [2.05, 4.69) is 15.0 Å². The van der Waals surface area contributed by atoms with E-state index < -0.39 is 23.2 Å². The van der Waals surface area contributed by atoms with Crippen LogP contribution >= 0.6 is 11.6 Å². The third kappa shape index (κ3) is 3.17. The minimum atomic E-state index is -1.12. The normalized spacial score (nSPS) is 15.9. The van der Waals surface area contributed by atoms with Gasteiger partial charge in [-0.1, -0.05) is 11.6 Å². The molecule has 1 amide bonds. The van der Waals surface area contributed by atoms with E-state index in [1.807, 2.05) is 0 Å². The zero-order valence-electron chi connectivity index (χ0n) is 16.1. The Morgan fingerprint density at radius 2 is 1.94 bits per heavy atom. The summed E-state index contributed by atoms with van der Waals surface area (Å²) < 4.78 is 33.4. The number of hydrogen-bond donors (Lipinski definition) is 2. The van der Waals surface area contributed by atoms with Crippen LogP contribution in [0, 0.1) is 11.6 Å². The average Bonchev–Trinajstić information content (AvgIpc) is 3.17. The third-order valence-corrected chi connectivity index (χ3v) is 5.70. The van der Waals surface area contributed by atoms with Crippen LogP contribution in [0.5, 0.6) is 0 Å². The number of nitrogens with one attached hydrogen (secondary N) is 2. The summed E-state index contributed by atoms with van der Waals surface area (Å²) in [5, 5.41) is 1.38. The summed E-state index contributed by atoms with van der Waals surface area (Å²) in [5.74, 6) is -2.55. The van der Waals surface area contributed by atoms with Crippen LogP contribution in [0.25, 0.3) is 21.8 Å². The molecule has 0 bridgehead atoms. The zero-order chi connectivity index (χ0) is 21.9. The molecule has 3 aromatic heterocycles. The van der Waals surface area contributed by atoms with E-state index in [1.165, 1.54) is 11.1 Å². The number of carbonyl (C=O) groups is 1. The van der Waals surface area contributed by atoms with Gasteiger partial charge in [0.25, 0.3) is 11.5 Å². The second kappa shape index (κ2) is 7.14. The van der Waals surface area contributed by atoms with Gasteiger partial charge in [-0.25, -0.2) is 13.8 Å². The third-order valence-electron chi connectivity index (χ3n) is 5.50. The van der Waals surface area contributed by atoms with Crippen molar-refractivity contribution in [2.45, 2.75) is 12.6 Å². The van der Waals surface area contributed by atoms with Gasteiger partial charge in [0.05, 0.1) is 29.7 Å². The van der Waals surface area contributed by atoms with Crippen LogP contribution in [-0.4, -0.2) is 39.4 Å². The number of pyridine rings is 2. The smallest absolute Gasteiger partial charge is 0.270 e. The van der Waals surface area contributed by atoms with E-state index in [4.69, 9.17) is 16.3 Å². The number of ether oxygens (including phenoxy) is 1. The summed E-state index contributed by atoms with van der Waals surface area (Å²) in [6, 6.07) is 4.54.